The Balaban J connectivity index is 1.89. The smallest absolute Gasteiger partial charge is 0.345 e. The molecule has 4 aromatic rings. The van der Waals surface area contributed by atoms with Crippen LogP contribution in [-0.4, -0.2) is 27.3 Å². The number of aromatic nitrogens is 4. The Labute approximate surface area is 143 Å². The number of benzene rings is 2. The number of methoxy groups -OCH3 is 1. The average molecular weight is 332 g/mol. The molecular formula is C19H16N4O2. The van der Waals surface area contributed by atoms with E-state index in [2.05, 4.69) is 20.2 Å². The van der Waals surface area contributed by atoms with E-state index in [-0.39, 0.29) is 0 Å². The van der Waals surface area contributed by atoms with Crippen molar-refractivity contribution in [3.05, 3.63) is 64.7 Å². The molecule has 0 unspecified atom stereocenters. The second-order valence-electron chi connectivity index (χ2n) is 5.75. The number of hydrogen-bond acceptors (Lipinski definition) is 4. The standard InChI is InChI=1S/C19H16N4O2/c1-11-14-9-12(7-8-15(14)23-22-11)16-10-17(21-19(24)20-16)13-5-3-4-6-18(13)25-2/h3-10H,1-2H3,(H,22,23)(H,20,21,24). The second-order valence-corrected chi connectivity index (χ2v) is 5.75. The van der Waals surface area contributed by atoms with Crippen LogP contribution < -0.4 is 10.4 Å². The van der Waals surface area contributed by atoms with E-state index >= 15 is 0 Å². The Hall–Kier alpha value is -3.41. The van der Waals surface area contributed by atoms with Gasteiger partial charge in [-0.25, -0.2) is 4.79 Å². The van der Waals surface area contributed by atoms with Crippen LogP contribution in [0.3, 0.4) is 0 Å². The van der Waals surface area contributed by atoms with Crippen LogP contribution in [0.15, 0.2) is 53.3 Å². The first-order valence-electron chi connectivity index (χ1n) is 7.85. The van der Waals surface area contributed by atoms with Gasteiger partial charge in [-0.2, -0.15) is 10.1 Å². The molecule has 0 fully saturated rings. The van der Waals surface area contributed by atoms with Gasteiger partial charge in [0.1, 0.15) is 5.75 Å². The summed E-state index contributed by atoms with van der Waals surface area (Å²) in [7, 11) is 1.61. The van der Waals surface area contributed by atoms with E-state index < -0.39 is 5.69 Å². The molecule has 25 heavy (non-hydrogen) atoms. The lowest BCUT2D eigenvalue weighted by Gasteiger charge is -2.09. The number of ether oxygens (including phenoxy) is 1. The third kappa shape index (κ3) is 2.67. The van der Waals surface area contributed by atoms with Crippen LogP contribution in [0.2, 0.25) is 0 Å². The number of nitrogens with zero attached hydrogens (tertiary/aromatic N) is 2. The molecule has 4 rings (SSSR count). The lowest BCUT2D eigenvalue weighted by atomic mass is 10.0. The predicted octanol–water partition coefficient (Wildman–Crippen LogP) is 3.30. The molecule has 0 aliphatic rings. The summed E-state index contributed by atoms with van der Waals surface area (Å²) in [6.45, 7) is 1.94. The first-order chi connectivity index (χ1) is 12.2. The van der Waals surface area contributed by atoms with E-state index in [0.717, 1.165) is 27.7 Å². The van der Waals surface area contributed by atoms with Gasteiger partial charge in [-0.1, -0.05) is 18.2 Å². The molecule has 2 aromatic heterocycles. The van der Waals surface area contributed by atoms with Gasteiger partial charge < -0.3 is 9.72 Å². The van der Waals surface area contributed by atoms with Crippen molar-refractivity contribution in [3.8, 4) is 28.3 Å². The SMILES string of the molecule is COc1ccccc1-c1cc(-c2ccc3[nH]nc(C)c3c2)nc(=O)[nH]1. The number of aryl methyl sites for hydroxylation is 1. The maximum absolute atomic E-state index is 12.1. The van der Waals surface area contributed by atoms with Crippen LogP contribution in [0.4, 0.5) is 0 Å². The fraction of sp³-hybridized carbons (Fsp3) is 0.105. The van der Waals surface area contributed by atoms with Gasteiger partial charge >= 0.3 is 5.69 Å². The van der Waals surface area contributed by atoms with Gasteiger partial charge in [0, 0.05) is 16.5 Å². The highest BCUT2D eigenvalue weighted by molar-refractivity contribution is 5.86. The number of aromatic amines is 2. The molecule has 2 aromatic carbocycles. The van der Waals surface area contributed by atoms with Crippen LogP contribution in [0.5, 0.6) is 5.75 Å². The molecule has 0 spiro atoms. The number of rotatable bonds is 3. The largest absolute Gasteiger partial charge is 0.496 e. The van der Waals surface area contributed by atoms with E-state index in [1.807, 2.05) is 55.5 Å². The minimum atomic E-state index is -0.401. The zero-order valence-electron chi connectivity index (χ0n) is 13.8. The highest BCUT2D eigenvalue weighted by atomic mass is 16.5. The summed E-state index contributed by atoms with van der Waals surface area (Å²) in [5.41, 5.74) is 4.40. The molecule has 0 aliphatic heterocycles. The third-order valence-corrected chi connectivity index (χ3v) is 4.19. The lowest BCUT2D eigenvalue weighted by Crippen LogP contribution is -2.12. The number of hydrogen-bond donors (Lipinski definition) is 2. The first kappa shape index (κ1) is 15.1. The number of nitrogens with one attached hydrogen (secondary N) is 2. The molecule has 0 atom stereocenters. The Kier molecular flexibility index (Phi) is 3.57. The van der Waals surface area contributed by atoms with Crippen LogP contribution in [0.25, 0.3) is 33.4 Å². The molecule has 0 aliphatic carbocycles. The highest BCUT2D eigenvalue weighted by Crippen LogP contribution is 2.30. The predicted molar refractivity (Wildman–Crippen MR) is 96.7 cm³/mol. The summed E-state index contributed by atoms with van der Waals surface area (Å²) in [6, 6.07) is 15.3. The van der Waals surface area contributed by atoms with Gasteiger partial charge in [0.25, 0.3) is 0 Å². The lowest BCUT2D eigenvalue weighted by molar-refractivity contribution is 0.416. The Morgan fingerprint density at radius 3 is 2.76 bits per heavy atom. The molecule has 0 saturated carbocycles. The molecule has 0 amide bonds. The Morgan fingerprint density at radius 2 is 1.92 bits per heavy atom. The maximum atomic E-state index is 12.1. The Morgan fingerprint density at radius 1 is 1.08 bits per heavy atom. The normalized spacial score (nSPS) is 11.0. The van der Waals surface area contributed by atoms with E-state index in [1.165, 1.54) is 0 Å². The maximum Gasteiger partial charge on any atom is 0.345 e. The molecule has 6 heteroatoms. The van der Waals surface area contributed by atoms with Crippen molar-refractivity contribution in [1.82, 2.24) is 20.2 Å². The van der Waals surface area contributed by atoms with Crippen molar-refractivity contribution in [1.29, 1.82) is 0 Å². The van der Waals surface area contributed by atoms with E-state index in [4.69, 9.17) is 4.74 Å². The van der Waals surface area contributed by atoms with Crippen molar-refractivity contribution in [2.45, 2.75) is 6.92 Å². The van der Waals surface area contributed by atoms with E-state index in [9.17, 15) is 4.79 Å². The number of fused-ring (bicyclic) bond motifs is 1. The number of para-hydroxylation sites is 1. The summed E-state index contributed by atoms with van der Waals surface area (Å²) in [5.74, 6) is 0.691. The van der Waals surface area contributed by atoms with Gasteiger partial charge in [-0.3, -0.25) is 5.10 Å². The van der Waals surface area contributed by atoms with Crippen LogP contribution in [0, 0.1) is 6.92 Å². The van der Waals surface area contributed by atoms with Gasteiger partial charge in [-0.05, 0) is 37.3 Å². The molecular weight excluding hydrogens is 316 g/mol. The van der Waals surface area contributed by atoms with Crippen molar-refractivity contribution < 1.29 is 4.74 Å². The molecule has 2 N–H and O–H groups in total. The van der Waals surface area contributed by atoms with Gasteiger partial charge in [0.15, 0.2) is 0 Å². The van der Waals surface area contributed by atoms with Crippen molar-refractivity contribution in [2.75, 3.05) is 7.11 Å². The summed E-state index contributed by atoms with van der Waals surface area (Å²) in [6.07, 6.45) is 0. The molecule has 124 valence electrons. The quantitative estimate of drug-likeness (QED) is 0.603. The molecule has 0 saturated heterocycles. The molecule has 2 heterocycles. The first-order valence-corrected chi connectivity index (χ1v) is 7.85. The summed E-state index contributed by atoms with van der Waals surface area (Å²) >= 11 is 0. The van der Waals surface area contributed by atoms with Crippen LogP contribution >= 0.6 is 0 Å². The van der Waals surface area contributed by atoms with Crippen molar-refractivity contribution in [3.63, 3.8) is 0 Å². The second kappa shape index (κ2) is 5.90. The van der Waals surface area contributed by atoms with E-state index in [1.54, 1.807) is 7.11 Å². The number of H-pyrrole nitrogens is 2. The fourth-order valence-corrected chi connectivity index (χ4v) is 2.92. The monoisotopic (exact) mass is 332 g/mol. The highest BCUT2D eigenvalue weighted by Gasteiger charge is 2.11. The topological polar surface area (TPSA) is 83.7 Å². The zero-order chi connectivity index (χ0) is 17.4. The van der Waals surface area contributed by atoms with E-state index in [0.29, 0.717) is 17.1 Å². The average Bonchev–Trinajstić information content (AvgIpc) is 3.01. The van der Waals surface area contributed by atoms with Crippen molar-refractivity contribution in [2.24, 2.45) is 0 Å². The minimum absolute atomic E-state index is 0.401. The third-order valence-electron chi connectivity index (χ3n) is 4.19. The minimum Gasteiger partial charge on any atom is -0.496 e. The van der Waals surface area contributed by atoms with Crippen molar-refractivity contribution >= 4 is 10.9 Å². The van der Waals surface area contributed by atoms with Gasteiger partial charge in [-0.15, -0.1) is 0 Å². The molecule has 0 bridgehead atoms. The zero-order valence-corrected chi connectivity index (χ0v) is 13.8. The summed E-state index contributed by atoms with van der Waals surface area (Å²) in [4.78, 5) is 19.0. The summed E-state index contributed by atoms with van der Waals surface area (Å²) in [5, 5.41) is 8.19. The molecule has 6 nitrogen and oxygen atoms in total. The fourth-order valence-electron chi connectivity index (χ4n) is 2.92. The van der Waals surface area contributed by atoms with Gasteiger partial charge in [0.2, 0.25) is 0 Å². The van der Waals surface area contributed by atoms with Gasteiger partial charge in [0.05, 0.1) is 29.7 Å². The Bertz CT molecular complexity index is 1130. The summed E-state index contributed by atoms with van der Waals surface area (Å²) < 4.78 is 5.39. The molecule has 0 radical (unpaired) electrons. The van der Waals surface area contributed by atoms with Crippen LogP contribution in [0.1, 0.15) is 5.69 Å². The van der Waals surface area contributed by atoms with Crippen LogP contribution in [-0.2, 0) is 0 Å².